The molecule has 0 atom stereocenters. The Morgan fingerprint density at radius 3 is 2.59 bits per heavy atom. The van der Waals surface area contributed by atoms with Gasteiger partial charge >= 0.3 is 6.36 Å². The van der Waals surface area contributed by atoms with Gasteiger partial charge in [0.25, 0.3) is 0 Å². The number of benzene rings is 1. The quantitative estimate of drug-likeness (QED) is 0.911. The van der Waals surface area contributed by atoms with E-state index < -0.39 is 6.36 Å². The predicted molar refractivity (Wildman–Crippen MR) is 70.8 cm³/mol. The van der Waals surface area contributed by atoms with E-state index in [9.17, 15) is 18.0 Å². The highest BCUT2D eigenvalue weighted by molar-refractivity contribution is 5.99. The standard InChI is InChI=1S/C13H9F3N4O2/c14-13(15,16)22-8-3-1-7(2-4-8)19-11-9-5-10(21)20-12(9)18-6-17-11/h1-4,6H,5H2,(H2,17,18,19,20,21). The molecule has 0 bridgehead atoms. The minimum atomic E-state index is -4.73. The van der Waals surface area contributed by atoms with Crippen LogP contribution in [-0.4, -0.2) is 22.2 Å². The second-order valence-electron chi connectivity index (χ2n) is 4.47. The lowest BCUT2D eigenvalue weighted by Crippen LogP contribution is -2.17. The lowest BCUT2D eigenvalue weighted by atomic mass is 10.2. The molecule has 2 aromatic rings. The summed E-state index contributed by atoms with van der Waals surface area (Å²) < 4.78 is 40.0. The molecule has 0 radical (unpaired) electrons. The summed E-state index contributed by atoms with van der Waals surface area (Å²) >= 11 is 0. The van der Waals surface area contributed by atoms with Gasteiger partial charge in [0, 0.05) is 11.3 Å². The Morgan fingerprint density at radius 2 is 1.91 bits per heavy atom. The lowest BCUT2D eigenvalue weighted by molar-refractivity contribution is -0.274. The number of ether oxygens (including phenoxy) is 1. The van der Waals surface area contributed by atoms with Crippen molar-refractivity contribution in [2.45, 2.75) is 12.8 Å². The Kier molecular flexibility index (Phi) is 3.32. The predicted octanol–water partition coefficient (Wildman–Crippen LogP) is 2.61. The molecule has 0 aliphatic carbocycles. The van der Waals surface area contributed by atoms with Crippen LogP contribution >= 0.6 is 0 Å². The maximum absolute atomic E-state index is 12.1. The first-order valence-electron chi connectivity index (χ1n) is 6.17. The van der Waals surface area contributed by atoms with E-state index in [0.29, 0.717) is 22.9 Å². The van der Waals surface area contributed by atoms with Crippen LogP contribution in [-0.2, 0) is 11.2 Å². The van der Waals surface area contributed by atoms with E-state index in [1.807, 2.05) is 0 Å². The van der Waals surface area contributed by atoms with Crippen LogP contribution in [0.3, 0.4) is 0 Å². The first-order chi connectivity index (χ1) is 10.4. The van der Waals surface area contributed by atoms with Gasteiger partial charge in [-0.25, -0.2) is 9.97 Å². The van der Waals surface area contributed by atoms with Gasteiger partial charge in [-0.05, 0) is 24.3 Å². The molecule has 1 aromatic heterocycles. The fourth-order valence-corrected chi connectivity index (χ4v) is 2.01. The summed E-state index contributed by atoms with van der Waals surface area (Å²) in [4.78, 5) is 19.3. The first-order valence-corrected chi connectivity index (χ1v) is 6.17. The van der Waals surface area contributed by atoms with Crippen LogP contribution < -0.4 is 15.4 Å². The number of hydrogen-bond donors (Lipinski definition) is 2. The molecule has 3 rings (SSSR count). The molecule has 9 heteroatoms. The third-order valence-corrected chi connectivity index (χ3v) is 2.89. The van der Waals surface area contributed by atoms with E-state index in [0.717, 1.165) is 0 Å². The molecule has 6 nitrogen and oxygen atoms in total. The number of carbonyl (C=O) groups is 1. The Labute approximate surface area is 122 Å². The number of rotatable bonds is 3. The zero-order valence-corrected chi connectivity index (χ0v) is 10.9. The number of nitrogens with one attached hydrogen (secondary N) is 2. The van der Waals surface area contributed by atoms with Crippen molar-refractivity contribution in [1.82, 2.24) is 9.97 Å². The van der Waals surface area contributed by atoms with Crippen LogP contribution in [0.5, 0.6) is 5.75 Å². The number of aromatic nitrogens is 2. The Hall–Kier alpha value is -2.84. The lowest BCUT2D eigenvalue weighted by Gasteiger charge is -2.11. The molecule has 22 heavy (non-hydrogen) atoms. The van der Waals surface area contributed by atoms with Crippen LogP contribution in [0.2, 0.25) is 0 Å². The summed E-state index contributed by atoms with van der Waals surface area (Å²) in [6.45, 7) is 0. The average Bonchev–Trinajstić information content (AvgIpc) is 2.81. The number of alkyl halides is 3. The van der Waals surface area contributed by atoms with Gasteiger partial charge in [0.05, 0.1) is 6.42 Å². The number of nitrogens with zero attached hydrogens (tertiary/aromatic N) is 2. The summed E-state index contributed by atoms with van der Waals surface area (Å²) in [5.74, 6) is 0.350. The highest BCUT2D eigenvalue weighted by Gasteiger charge is 2.31. The van der Waals surface area contributed by atoms with Crippen molar-refractivity contribution in [3.63, 3.8) is 0 Å². The minimum absolute atomic E-state index is 0.147. The van der Waals surface area contributed by atoms with E-state index in [1.165, 1.54) is 30.6 Å². The van der Waals surface area contributed by atoms with E-state index >= 15 is 0 Å². The number of amides is 1. The maximum Gasteiger partial charge on any atom is 0.573 e. The Bertz CT molecular complexity index is 716. The summed E-state index contributed by atoms with van der Waals surface area (Å²) in [5, 5.41) is 5.52. The number of carbonyl (C=O) groups excluding carboxylic acids is 1. The van der Waals surface area contributed by atoms with E-state index in [-0.39, 0.29) is 18.1 Å². The maximum atomic E-state index is 12.1. The number of fused-ring (bicyclic) bond motifs is 1. The first kappa shape index (κ1) is 14.1. The largest absolute Gasteiger partial charge is 0.573 e. The molecule has 0 fully saturated rings. The van der Waals surface area contributed by atoms with E-state index in [2.05, 4.69) is 25.3 Å². The zero-order chi connectivity index (χ0) is 15.7. The third-order valence-electron chi connectivity index (χ3n) is 2.89. The number of anilines is 3. The minimum Gasteiger partial charge on any atom is -0.406 e. The van der Waals surface area contributed by atoms with Crippen molar-refractivity contribution < 1.29 is 22.7 Å². The van der Waals surface area contributed by atoms with Gasteiger partial charge < -0.3 is 15.4 Å². The van der Waals surface area contributed by atoms with Crippen LogP contribution in [0, 0.1) is 0 Å². The highest BCUT2D eigenvalue weighted by atomic mass is 19.4. The SMILES string of the molecule is O=C1Cc2c(ncnc2Nc2ccc(OC(F)(F)F)cc2)N1. The zero-order valence-electron chi connectivity index (χ0n) is 10.9. The molecule has 0 unspecified atom stereocenters. The average molecular weight is 310 g/mol. The fourth-order valence-electron chi connectivity index (χ4n) is 2.01. The van der Waals surface area contributed by atoms with E-state index in [4.69, 9.17) is 0 Å². The van der Waals surface area contributed by atoms with Crippen LogP contribution in [0.15, 0.2) is 30.6 Å². The summed E-state index contributed by atoms with van der Waals surface area (Å²) in [7, 11) is 0. The third kappa shape index (κ3) is 3.08. The van der Waals surface area contributed by atoms with Crippen molar-refractivity contribution in [1.29, 1.82) is 0 Å². The monoisotopic (exact) mass is 310 g/mol. The smallest absolute Gasteiger partial charge is 0.406 e. The molecule has 1 aliphatic heterocycles. The van der Waals surface area contributed by atoms with Gasteiger partial charge in [-0.15, -0.1) is 13.2 Å². The molecule has 1 amide bonds. The molecule has 2 heterocycles. The summed E-state index contributed by atoms with van der Waals surface area (Å²) in [6, 6.07) is 5.20. The second-order valence-corrected chi connectivity index (χ2v) is 4.47. The van der Waals surface area contributed by atoms with Crippen LogP contribution in [0.4, 0.5) is 30.5 Å². The Morgan fingerprint density at radius 1 is 1.18 bits per heavy atom. The van der Waals surface area contributed by atoms with E-state index in [1.54, 1.807) is 0 Å². The van der Waals surface area contributed by atoms with Gasteiger partial charge in [0.2, 0.25) is 5.91 Å². The molecular formula is C13H9F3N4O2. The van der Waals surface area contributed by atoms with Crippen molar-refractivity contribution in [2.24, 2.45) is 0 Å². The molecule has 1 aromatic carbocycles. The molecular weight excluding hydrogens is 301 g/mol. The van der Waals surface area contributed by atoms with Gasteiger partial charge in [-0.3, -0.25) is 4.79 Å². The number of hydrogen-bond acceptors (Lipinski definition) is 5. The molecule has 2 N–H and O–H groups in total. The van der Waals surface area contributed by atoms with Crippen molar-refractivity contribution in [2.75, 3.05) is 10.6 Å². The molecule has 1 aliphatic rings. The topological polar surface area (TPSA) is 76.1 Å². The van der Waals surface area contributed by atoms with Crippen molar-refractivity contribution in [3.8, 4) is 5.75 Å². The highest BCUT2D eigenvalue weighted by Crippen LogP contribution is 2.29. The number of halogens is 3. The second kappa shape index (κ2) is 5.17. The van der Waals surface area contributed by atoms with Gasteiger partial charge in [0.1, 0.15) is 23.7 Å². The molecule has 0 spiro atoms. The van der Waals surface area contributed by atoms with Crippen molar-refractivity contribution >= 4 is 23.2 Å². The normalized spacial score (nSPS) is 13.5. The molecule has 0 saturated carbocycles. The van der Waals surface area contributed by atoms with Gasteiger partial charge in [-0.1, -0.05) is 0 Å². The Balaban J connectivity index is 1.77. The van der Waals surface area contributed by atoms with Gasteiger partial charge in [0.15, 0.2) is 0 Å². The molecule has 0 saturated heterocycles. The van der Waals surface area contributed by atoms with Gasteiger partial charge in [-0.2, -0.15) is 0 Å². The fraction of sp³-hybridized carbons (Fsp3) is 0.154. The van der Waals surface area contributed by atoms with Crippen LogP contribution in [0.25, 0.3) is 0 Å². The molecule has 114 valence electrons. The summed E-state index contributed by atoms with van der Waals surface area (Å²) in [6.07, 6.45) is -3.30. The van der Waals surface area contributed by atoms with Crippen molar-refractivity contribution in [3.05, 3.63) is 36.2 Å². The summed E-state index contributed by atoms with van der Waals surface area (Å²) in [5.41, 5.74) is 1.12. The van der Waals surface area contributed by atoms with Crippen LogP contribution in [0.1, 0.15) is 5.56 Å².